The van der Waals surface area contributed by atoms with Crippen molar-refractivity contribution in [2.24, 2.45) is 29.6 Å². The average Bonchev–Trinajstić information content (AvgIpc) is 3.54. The van der Waals surface area contributed by atoms with Gasteiger partial charge >= 0.3 is 24.7 Å². The molecule has 4 aliphatic rings. The minimum atomic E-state index is -5.35. The van der Waals surface area contributed by atoms with Crippen molar-refractivity contribution in [3.8, 4) is 5.75 Å². The molecule has 3 aromatic rings. The first-order valence-corrected chi connectivity index (χ1v) is 17.3. The minimum absolute atomic E-state index is 0.133. The first-order valence-electron chi connectivity index (χ1n) is 17.3. The van der Waals surface area contributed by atoms with Crippen molar-refractivity contribution in [1.29, 1.82) is 0 Å². The van der Waals surface area contributed by atoms with Gasteiger partial charge < -0.3 is 9.84 Å². The highest BCUT2D eigenvalue weighted by atomic mass is 19.4. The zero-order chi connectivity index (χ0) is 42.4. The highest BCUT2D eigenvalue weighted by Gasteiger charge is 2.62. The van der Waals surface area contributed by atoms with Gasteiger partial charge in [0.25, 0.3) is 0 Å². The van der Waals surface area contributed by atoms with Crippen LogP contribution >= 0.6 is 0 Å². The van der Waals surface area contributed by atoms with Crippen molar-refractivity contribution >= 4 is 35.0 Å². The summed E-state index contributed by atoms with van der Waals surface area (Å²) >= 11 is 0. The molecule has 0 aromatic heterocycles. The lowest BCUT2D eigenvalue weighted by Crippen LogP contribution is -2.43. The van der Waals surface area contributed by atoms with Crippen LogP contribution in [0.1, 0.15) is 46.6 Å². The summed E-state index contributed by atoms with van der Waals surface area (Å²) in [6, 6.07) is 6.07. The maximum atomic E-state index is 14.3. The molecule has 0 radical (unpaired) electrons. The van der Waals surface area contributed by atoms with Crippen molar-refractivity contribution < 1.29 is 81.7 Å². The van der Waals surface area contributed by atoms with Crippen molar-refractivity contribution in [1.82, 2.24) is 0 Å². The summed E-state index contributed by atoms with van der Waals surface area (Å²) in [5.41, 5.74) is -8.85. The normalized spacial score (nSPS) is 25.2. The van der Waals surface area contributed by atoms with Crippen molar-refractivity contribution in [2.75, 3.05) is 23.0 Å². The molecule has 0 unspecified atom stereocenters. The van der Waals surface area contributed by atoms with Crippen LogP contribution in [0.15, 0.2) is 72.3 Å². The maximum absolute atomic E-state index is 14.3. The quantitative estimate of drug-likeness (QED) is 0.153. The number of ether oxygens (including phenoxy) is 1. The second-order valence-electron chi connectivity index (χ2n) is 14.2. The fourth-order valence-electron chi connectivity index (χ4n) is 8.54. The molecule has 8 nitrogen and oxygen atoms in total. The topological polar surface area (TPSA) is 104 Å². The molecular weight excluding hydrogens is 808 g/mol. The third-order valence-corrected chi connectivity index (χ3v) is 10.9. The first-order chi connectivity index (χ1) is 26.9. The number of aliphatic hydroxyl groups excluding tert-OH is 1. The SMILES string of the molecule is O=C1[C@H]2[C@H](CC=C3[C@H]2C[C@H]2C(=O)N(c4cc(C(F)(F)F)cc(C(F)(F)F)c4)C(=O)[C@H]2[C@H]3c2ccc(OCCO)cc2)C(=O)N1c1cc(C(F)(F)F)cc(C(F)(F)F)c1. The number of rotatable bonds is 6. The first kappa shape index (κ1) is 40.8. The third-order valence-electron chi connectivity index (χ3n) is 10.9. The van der Waals surface area contributed by atoms with Gasteiger partial charge in [0.05, 0.1) is 63.9 Å². The van der Waals surface area contributed by atoms with Crippen molar-refractivity contribution in [3.05, 3.63) is 100 Å². The molecule has 1 saturated carbocycles. The molecule has 3 aromatic carbocycles. The summed E-state index contributed by atoms with van der Waals surface area (Å²) in [6.45, 7) is -0.503. The number of imide groups is 2. The van der Waals surface area contributed by atoms with Crippen LogP contribution in [-0.4, -0.2) is 41.9 Å². The summed E-state index contributed by atoms with van der Waals surface area (Å²) in [5, 5.41) is 9.13. The van der Waals surface area contributed by atoms with E-state index in [0.29, 0.717) is 0 Å². The number of hydrogen-bond donors (Lipinski definition) is 1. The molecule has 2 aliphatic carbocycles. The fourth-order valence-corrected chi connectivity index (χ4v) is 8.54. The number of anilines is 2. The van der Waals surface area contributed by atoms with Crippen LogP contribution in [0.5, 0.6) is 5.75 Å². The molecule has 1 N–H and O–H groups in total. The van der Waals surface area contributed by atoms with Gasteiger partial charge in [-0.25, -0.2) is 9.80 Å². The lowest BCUT2D eigenvalue weighted by Gasteiger charge is -2.44. The zero-order valence-electron chi connectivity index (χ0n) is 29.1. The molecule has 308 valence electrons. The summed E-state index contributed by atoms with van der Waals surface area (Å²) in [6.07, 6.45) is -20.8. The molecule has 0 spiro atoms. The second kappa shape index (κ2) is 13.9. The van der Waals surface area contributed by atoms with Crippen LogP contribution in [0, 0.1) is 29.6 Å². The zero-order valence-corrected chi connectivity index (χ0v) is 29.1. The van der Waals surface area contributed by atoms with Crippen molar-refractivity contribution in [3.63, 3.8) is 0 Å². The van der Waals surface area contributed by atoms with Crippen LogP contribution in [0.25, 0.3) is 0 Å². The molecule has 2 aliphatic heterocycles. The minimum Gasteiger partial charge on any atom is -0.491 e. The molecule has 6 atom stereocenters. The van der Waals surface area contributed by atoms with Crippen LogP contribution < -0.4 is 14.5 Å². The van der Waals surface area contributed by atoms with E-state index in [-0.39, 0.29) is 82.7 Å². The standard InChI is InChI=1S/C38H26F12N2O6/c39-35(40,41)17-9-18(36(42,43)44)12-21(11-17)51-31(54)25-6-5-24-26(29(25)33(51)56)15-27-30(28(24)16-1-3-23(4-2-16)58-8-7-53)34(57)52(32(27)55)22-13-19(37(45,46)47)10-20(14-22)38(48,49)50/h1-5,9-14,25-30,53H,6-8,15H2/t25-,26+,27+,28-,29-,30+/m0/s1. The fraction of sp³-hybridized carbons (Fsp3) is 0.368. The Kier molecular flexibility index (Phi) is 9.75. The van der Waals surface area contributed by atoms with Gasteiger partial charge in [-0.05, 0) is 72.9 Å². The van der Waals surface area contributed by atoms with Gasteiger partial charge in [0.15, 0.2) is 0 Å². The Hall–Kier alpha value is -5.40. The van der Waals surface area contributed by atoms with E-state index in [9.17, 15) is 71.9 Å². The van der Waals surface area contributed by atoms with Gasteiger partial charge in [-0.3, -0.25) is 19.2 Å². The third kappa shape index (κ3) is 6.97. The van der Waals surface area contributed by atoms with E-state index >= 15 is 0 Å². The molecule has 58 heavy (non-hydrogen) atoms. The number of hydrogen-bond acceptors (Lipinski definition) is 6. The summed E-state index contributed by atoms with van der Waals surface area (Å²) in [4.78, 5) is 56.9. The van der Waals surface area contributed by atoms with E-state index < -0.39 is 124 Å². The Morgan fingerprint density at radius 3 is 1.43 bits per heavy atom. The highest BCUT2D eigenvalue weighted by molar-refractivity contribution is 6.24. The number of nitrogens with zero attached hydrogens (tertiary/aromatic N) is 2. The van der Waals surface area contributed by atoms with E-state index in [2.05, 4.69) is 0 Å². The number of carbonyl (C=O) groups is 4. The number of halogens is 12. The number of alkyl halides is 12. The molecule has 2 saturated heterocycles. The second-order valence-corrected chi connectivity index (χ2v) is 14.2. The Morgan fingerprint density at radius 1 is 0.569 bits per heavy atom. The predicted molar refractivity (Wildman–Crippen MR) is 174 cm³/mol. The monoisotopic (exact) mass is 834 g/mol. The van der Waals surface area contributed by atoms with Gasteiger partial charge in [0.1, 0.15) is 12.4 Å². The lowest BCUT2D eigenvalue weighted by molar-refractivity contribution is -0.144. The number of allylic oxidation sites excluding steroid dienone is 2. The lowest BCUT2D eigenvalue weighted by atomic mass is 9.57. The largest absolute Gasteiger partial charge is 0.491 e. The van der Waals surface area contributed by atoms with Crippen molar-refractivity contribution in [2.45, 2.75) is 43.5 Å². The Bertz CT molecular complexity index is 2160. The number of aliphatic hydroxyl groups is 1. The number of benzene rings is 3. The van der Waals surface area contributed by atoms with Crippen LogP contribution in [-0.2, 0) is 43.9 Å². The van der Waals surface area contributed by atoms with E-state index in [1.54, 1.807) is 0 Å². The predicted octanol–water partition coefficient (Wildman–Crippen LogP) is 8.18. The molecule has 4 amide bonds. The molecule has 2 heterocycles. The summed E-state index contributed by atoms with van der Waals surface area (Å²) in [5.74, 6) is -13.0. The van der Waals surface area contributed by atoms with Crippen LogP contribution in [0.2, 0.25) is 0 Å². The Morgan fingerprint density at radius 2 is 1.00 bits per heavy atom. The maximum Gasteiger partial charge on any atom is 0.416 e. The van der Waals surface area contributed by atoms with E-state index in [1.165, 1.54) is 30.3 Å². The highest BCUT2D eigenvalue weighted by Crippen LogP contribution is 2.59. The molecule has 0 bridgehead atoms. The molecule has 20 heteroatoms. The molecule has 7 rings (SSSR count). The van der Waals surface area contributed by atoms with E-state index in [0.717, 1.165) is 0 Å². The van der Waals surface area contributed by atoms with Gasteiger partial charge in [-0.2, -0.15) is 52.7 Å². The smallest absolute Gasteiger partial charge is 0.416 e. The number of amides is 4. The number of fused-ring (bicyclic) bond motifs is 4. The average molecular weight is 835 g/mol. The summed E-state index contributed by atoms with van der Waals surface area (Å²) < 4.78 is 171. The molecule has 3 fully saturated rings. The molecular formula is C38H26F12N2O6. The number of carbonyl (C=O) groups excluding carboxylic acids is 4. The Balaban J connectivity index is 1.34. The summed E-state index contributed by atoms with van der Waals surface area (Å²) in [7, 11) is 0. The van der Waals surface area contributed by atoms with Gasteiger partial charge in [-0.1, -0.05) is 23.8 Å². The van der Waals surface area contributed by atoms with Gasteiger partial charge in [-0.15, -0.1) is 0 Å². The van der Waals surface area contributed by atoms with Gasteiger partial charge in [0.2, 0.25) is 23.6 Å². The van der Waals surface area contributed by atoms with E-state index in [4.69, 9.17) is 9.84 Å². The van der Waals surface area contributed by atoms with E-state index in [1.807, 2.05) is 0 Å². The van der Waals surface area contributed by atoms with Crippen LogP contribution in [0.3, 0.4) is 0 Å². The van der Waals surface area contributed by atoms with Crippen LogP contribution in [0.4, 0.5) is 64.1 Å². The Labute approximate surface area is 318 Å². The van der Waals surface area contributed by atoms with Gasteiger partial charge in [0, 0.05) is 5.92 Å².